The maximum Gasteiger partial charge on any atom is 0.344 e. The zero-order chi connectivity index (χ0) is 20.5. The number of nitrogens with zero attached hydrogens (tertiary/aromatic N) is 2. The number of para-hydroxylation sites is 1. The Morgan fingerprint density at radius 1 is 0.964 bits per heavy atom. The largest absolute Gasteiger partial charge is 0.481 e. The lowest BCUT2D eigenvalue weighted by molar-refractivity contribution is -0.153. The highest BCUT2D eigenvalue weighted by Gasteiger charge is 2.14. The van der Waals surface area contributed by atoms with E-state index in [1.165, 1.54) is 4.90 Å². The van der Waals surface area contributed by atoms with Gasteiger partial charge in [0.2, 0.25) is 0 Å². The molecule has 0 aliphatic rings. The van der Waals surface area contributed by atoms with Crippen LogP contribution in [0.2, 0.25) is 0 Å². The average Bonchev–Trinajstić information content (AvgIpc) is 2.70. The van der Waals surface area contributed by atoms with Crippen molar-refractivity contribution in [1.82, 2.24) is 4.90 Å². The third kappa shape index (κ3) is 6.12. The number of carbonyl (C=O) groups excluding carboxylic acids is 3. The second kappa shape index (κ2) is 10.1. The number of carbonyl (C=O) groups is 3. The molecule has 2 aromatic carbocycles. The maximum absolute atomic E-state index is 12.2. The summed E-state index contributed by atoms with van der Waals surface area (Å²) in [5, 5.41) is 0. The van der Waals surface area contributed by atoms with Crippen LogP contribution in [0.15, 0.2) is 48.5 Å². The van der Waals surface area contributed by atoms with Crippen LogP contribution in [-0.2, 0) is 20.9 Å². The van der Waals surface area contributed by atoms with Gasteiger partial charge in [0, 0.05) is 33.4 Å². The molecule has 0 atom stereocenters. The molecule has 7 heteroatoms. The minimum absolute atomic E-state index is 0.291. The van der Waals surface area contributed by atoms with Gasteiger partial charge in [0.1, 0.15) is 5.75 Å². The number of likely N-dealkylation sites (N-methyl/N-ethyl adjacent to an activating group) is 1. The van der Waals surface area contributed by atoms with Crippen LogP contribution >= 0.6 is 0 Å². The van der Waals surface area contributed by atoms with Crippen LogP contribution in [0.25, 0.3) is 0 Å². The van der Waals surface area contributed by atoms with E-state index in [1.807, 2.05) is 43.3 Å². The third-order valence-electron chi connectivity index (χ3n) is 4.05. The Balaban J connectivity index is 1.77. The second-order valence-corrected chi connectivity index (χ2v) is 6.42. The minimum Gasteiger partial charge on any atom is -0.481 e. The molecule has 0 spiro atoms. The van der Waals surface area contributed by atoms with Gasteiger partial charge in [0.25, 0.3) is 5.91 Å². The molecule has 0 saturated carbocycles. The van der Waals surface area contributed by atoms with Crippen molar-refractivity contribution in [3.8, 4) is 5.75 Å². The SMILES string of the molecule is CN(Cc1ccc(N(C)C)cc1)C(=O)COC(=O)COc1ccccc1C=O. The van der Waals surface area contributed by atoms with E-state index in [9.17, 15) is 14.4 Å². The number of esters is 1. The topological polar surface area (TPSA) is 76.2 Å². The van der Waals surface area contributed by atoms with Crippen LogP contribution in [0.4, 0.5) is 5.69 Å². The van der Waals surface area contributed by atoms with Crippen LogP contribution in [-0.4, -0.2) is 57.4 Å². The molecule has 148 valence electrons. The molecule has 0 bridgehead atoms. The van der Waals surface area contributed by atoms with Crippen molar-refractivity contribution in [3.05, 3.63) is 59.7 Å². The molecule has 0 aromatic heterocycles. The molecule has 0 heterocycles. The van der Waals surface area contributed by atoms with Gasteiger partial charge in [-0.25, -0.2) is 4.79 Å². The molecule has 1 amide bonds. The first-order valence-corrected chi connectivity index (χ1v) is 8.73. The Morgan fingerprint density at radius 3 is 2.29 bits per heavy atom. The van der Waals surface area contributed by atoms with E-state index in [1.54, 1.807) is 31.3 Å². The van der Waals surface area contributed by atoms with E-state index in [0.717, 1.165) is 11.3 Å². The molecule has 0 N–H and O–H groups in total. The summed E-state index contributed by atoms with van der Waals surface area (Å²) < 4.78 is 10.2. The predicted octanol–water partition coefficient (Wildman–Crippen LogP) is 2.15. The first kappa shape index (κ1) is 21.0. The van der Waals surface area contributed by atoms with Crippen molar-refractivity contribution in [2.45, 2.75) is 6.54 Å². The Hall–Kier alpha value is -3.35. The zero-order valence-corrected chi connectivity index (χ0v) is 16.3. The van der Waals surface area contributed by atoms with Gasteiger partial charge in [-0.3, -0.25) is 9.59 Å². The lowest BCUT2D eigenvalue weighted by Crippen LogP contribution is -2.31. The van der Waals surface area contributed by atoms with Crippen LogP contribution in [0.1, 0.15) is 15.9 Å². The van der Waals surface area contributed by atoms with E-state index in [2.05, 4.69) is 0 Å². The zero-order valence-electron chi connectivity index (χ0n) is 16.3. The van der Waals surface area contributed by atoms with Gasteiger partial charge in [-0.2, -0.15) is 0 Å². The van der Waals surface area contributed by atoms with Gasteiger partial charge in [-0.05, 0) is 29.8 Å². The van der Waals surface area contributed by atoms with Gasteiger partial charge in [0.15, 0.2) is 19.5 Å². The predicted molar refractivity (Wildman–Crippen MR) is 106 cm³/mol. The molecule has 0 unspecified atom stereocenters. The standard InChI is InChI=1S/C21H24N2O5/c1-22(2)18-10-8-16(9-11-18)12-23(3)20(25)14-28-21(26)15-27-19-7-5-4-6-17(19)13-24/h4-11,13H,12,14-15H2,1-3H3. The van der Waals surface area contributed by atoms with E-state index in [0.29, 0.717) is 24.1 Å². The average molecular weight is 384 g/mol. The van der Waals surface area contributed by atoms with Crippen LogP contribution in [0, 0.1) is 0 Å². The molecule has 7 nitrogen and oxygen atoms in total. The van der Waals surface area contributed by atoms with Crippen molar-refractivity contribution < 1.29 is 23.9 Å². The van der Waals surface area contributed by atoms with Crippen molar-refractivity contribution in [2.75, 3.05) is 39.3 Å². The summed E-state index contributed by atoms with van der Waals surface area (Å²) in [4.78, 5) is 38.3. The van der Waals surface area contributed by atoms with Crippen molar-refractivity contribution in [3.63, 3.8) is 0 Å². The molecule has 0 radical (unpaired) electrons. The number of ether oxygens (including phenoxy) is 2. The highest BCUT2D eigenvalue weighted by Crippen LogP contribution is 2.15. The van der Waals surface area contributed by atoms with Crippen molar-refractivity contribution in [2.24, 2.45) is 0 Å². The summed E-state index contributed by atoms with van der Waals surface area (Å²) in [5.41, 5.74) is 2.38. The molecule has 0 saturated heterocycles. The Kier molecular flexibility index (Phi) is 7.56. The summed E-state index contributed by atoms with van der Waals surface area (Å²) >= 11 is 0. The minimum atomic E-state index is -0.683. The fourth-order valence-corrected chi connectivity index (χ4v) is 2.40. The monoisotopic (exact) mass is 384 g/mol. The van der Waals surface area contributed by atoms with Gasteiger partial charge in [-0.1, -0.05) is 24.3 Å². The van der Waals surface area contributed by atoms with E-state index in [4.69, 9.17) is 9.47 Å². The maximum atomic E-state index is 12.2. The number of rotatable bonds is 9. The summed E-state index contributed by atoms with van der Waals surface area (Å²) in [6.07, 6.45) is 0.643. The summed E-state index contributed by atoms with van der Waals surface area (Å²) in [7, 11) is 5.56. The highest BCUT2D eigenvalue weighted by atomic mass is 16.6. The molecule has 2 rings (SSSR count). The second-order valence-electron chi connectivity index (χ2n) is 6.42. The number of amides is 1. The molecule has 0 aliphatic heterocycles. The molecular formula is C21H24N2O5. The highest BCUT2D eigenvalue weighted by molar-refractivity contribution is 5.81. The summed E-state index contributed by atoms with van der Waals surface area (Å²) in [5.74, 6) is -0.713. The summed E-state index contributed by atoms with van der Waals surface area (Å²) in [6, 6.07) is 14.4. The number of anilines is 1. The fraction of sp³-hybridized carbons (Fsp3) is 0.286. The Labute approximate surface area is 164 Å². The molecule has 0 fully saturated rings. The molecule has 28 heavy (non-hydrogen) atoms. The first-order chi connectivity index (χ1) is 13.4. The van der Waals surface area contributed by atoms with Gasteiger partial charge in [0.05, 0.1) is 5.56 Å². The van der Waals surface area contributed by atoms with Crippen molar-refractivity contribution >= 4 is 23.9 Å². The Bertz CT molecular complexity index is 818. The smallest absolute Gasteiger partial charge is 0.344 e. The van der Waals surface area contributed by atoms with E-state index < -0.39 is 5.97 Å². The summed E-state index contributed by atoms with van der Waals surface area (Å²) in [6.45, 7) is -0.342. The first-order valence-electron chi connectivity index (χ1n) is 8.73. The molecule has 2 aromatic rings. The van der Waals surface area contributed by atoms with Crippen molar-refractivity contribution in [1.29, 1.82) is 0 Å². The van der Waals surface area contributed by atoms with Gasteiger partial charge >= 0.3 is 5.97 Å². The van der Waals surface area contributed by atoms with Crippen LogP contribution < -0.4 is 9.64 Å². The van der Waals surface area contributed by atoms with E-state index in [-0.39, 0.29) is 19.1 Å². The fourth-order valence-electron chi connectivity index (χ4n) is 2.40. The number of benzene rings is 2. The number of hydrogen-bond acceptors (Lipinski definition) is 6. The Morgan fingerprint density at radius 2 is 1.64 bits per heavy atom. The number of hydrogen-bond donors (Lipinski definition) is 0. The molecular weight excluding hydrogens is 360 g/mol. The quantitative estimate of drug-likeness (QED) is 0.487. The normalized spacial score (nSPS) is 10.1. The third-order valence-corrected chi connectivity index (χ3v) is 4.05. The van der Waals surface area contributed by atoms with Crippen LogP contribution in [0.5, 0.6) is 5.75 Å². The van der Waals surface area contributed by atoms with Gasteiger partial charge < -0.3 is 19.3 Å². The lowest BCUT2D eigenvalue weighted by atomic mass is 10.2. The van der Waals surface area contributed by atoms with E-state index >= 15 is 0 Å². The van der Waals surface area contributed by atoms with Gasteiger partial charge in [-0.15, -0.1) is 0 Å². The lowest BCUT2D eigenvalue weighted by Gasteiger charge is -2.18. The molecule has 0 aliphatic carbocycles. The number of aldehydes is 1. The van der Waals surface area contributed by atoms with Crippen LogP contribution in [0.3, 0.4) is 0 Å².